The second-order valence-electron chi connectivity index (χ2n) is 2.33. The van der Waals surface area contributed by atoms with Gasteiger partial charge in [-0.15, -0.1) is 0 Å². The van der Waals surface area contributed by atoms with E-state index in [1.54, 1.807) is 0 Å². The number of aliphatic carboxylic acids is 3. The van der Waals surface area contributed by atoms with E-state index in [0.29, 0.717) is 0 Å². The van der Waals surface area contributed by atoms with Crippen LogP contribution in [0.1, 0.15) is 0 Å². The van der Waals surface area contributed by atoms with E-state index in [4.69, 9.17) is 15.3 Å². The predicted octanol–water partition coefficient (Wildman–Crippen LogP) is -1.46. The summed E-state index contributed by atoms with van der Waals surface area (Å²) in [4.78, 5) is 31.2. The second kappa shape index (κ2) is 7.31. The van der Waals surface area contributed by atoms with Crippen LogP contribution in [0, 0.1) is 0 Å². The molecule has 0 aromatic carbocycles. The van der Waals surface area contributed by atoms with Gasteiger partial charge in [-0.25, -0.2) is 0 Å². The van der Waals surface area contributed by atoms with Crippen molar-refractivity contribution in [3.05, 3.63) is 0 Å². The van der Waals surface area contributed by atoms with Gasteiger partial charge in [0.05, 0.1) is 19.6 Å². The minimum atomic E-state index is -1.26. The number of carbonyl (C=O) groups is 3. The Morgan fingerprint density at radius 2 is 1.00 bits per heavy atom. The molecule has 0 rings (SSSR count). The molecule has 85 valence electrons. The second-order valence-corrected chi connectivity index (χ2v) is 2.33. The Bertz CT molecular complexity index is 192. The zero-order valence-corrected chi connectivity index (χ0v) is 7.88. The van der Waals surface area contributed by atoms with Crippen LogP contribution in [0.4, 0.5) is 0 Å². The molecule has 0 aliphatic rings. The molecule has 7 nitrogen and oxygen atoms in total. The van der Waals surface area contributed by atoms with E-state index in [0.717, 1.165) is 4.90 Å². The van der Waals surface area contributed by atoms with E-state index in [9.17, 15) is 14.4 Å². The molecule has 0 aliphatic carbocycles. The standard InChI is InChI=1S/C6H9NO6.Cu/c8-4(9)1-7(2-5(10)11)3-6(12)13;/h1-3H2,(H,8,9)(H,10,11)(H,12,13);. The smallest absolute Gasteiger partial charge is 0.317 e. The number of carboxylic acids is 3. The fourth-order valence-electron chi connectivity index (χ4n) is 0.742. The monoisotopic (exact) mass is 254 g/mol. The Balaban J connectivity index is 0. The maximum atomic E-state index is 10.1. The largest absolute Gasteiger partial charge is 0.480 e. The third-order valence-corrected chi connectivity index (χ3v) is 1.08. The molecular formula is C6H9CuNO6. The van der Waals surface area contributed by atoms with Crippen LogP contribution in [0.15, 0.2) is 0 Å². The van der Waals surface area contributed by atoms with E-state index < -0.39 is 37.5 Å². The molecule has 0 saturated heterocycles. The normalized spacial score (nSPS) is 9.21. The predicted molar refractivity (Wildman–Crippen MR) is 39.3 cm³/mol. The van der Waals surface area contributed by atoms with Crippen LogP contribution < -0.4 is 0 Å². The molecular weight excluding hydrogens is 246 g/mol. The summed E-state index contributed by atoms with van der Waals surface area (Å²) in [5, 5.41) is 24.8. The first kappa shape index (κ1) is 15.4. The molecule has 0 atom stereocenters. The molecule has 0 saturated carbocycles. The number of nitrogens with zero attached hydrogens (tertiary/aromatic N) is 1. The molecule has 3 N–H and O–H groups in total. The molecule has 0 amide bonds. The van der Waals surface area contributed by atoms with Gasteiger partial charge >= 0.3 is 17.9 Å². The van der Waals surface area contributed by atoms with Crippen molar-refractivity contribution in [2.45, 2.75) is 0 Å². The van der Waals surface area contributed by atoms with E-state index in [1.807, 2.05) is 0 Å². The van der Waals surface area contributed by atoms with Gasteiger partial charge in [0.2, 0.25) is 0 Å². The van der Waals surface area contributed by atoms with Gasteiger partial charge < -0.3 is 15.3 Å². The van der Waals surface area contributed by atoms with Gasteiger partial charge in [-0.1, -0.05) is 0 Å². The minimum Gasteiger partial charge on any atom is -0.480 e. The van der Waals surface area contributed by atoms with E-state index in [2.05, 4.69) is 0 Å². The van der Waals surface area contributed by atoms with E-state index >= 15 is 0 Å². The van der Waals surface area contributed by atoms with Gasteiger partial charge in [0, 0.05) is 17.1 Å². The Kier molecular flexibility index (Phi) is 8.02. The molecule has 14 heavy (non-hydrogen) atoms. The van der Waals surface area contributed by atoms with Crippen molar-refractivity contribution >= 4 is 17.9 Å². The molecule has 0 heterocycles. The van der Waals surface area contributed by atoms with Crippen molar-refractivity contribution in [2.24, 2.45) is 0 Å². The number of carboxylic acid groups (broad SMARTS) is 3. The summed E-state index contributed by atoms with van der Waals surface area (Å²) in [5.41, 5.74) is 0. The Morgan fingerprint density at radius 1 is 0.786 bits per heavy atom. The maximum absolute atomic E-state index is 10.1. The van der Waals surface area contributed by atoms with Crippen LogP contribution in [0.5, 0.6) is 0 Å². The Morgan fingerprint density at radius 3 is 1.14 bits per heavy atom. The van der Waals surface area contributed by atoms with Crippen LogP contribution in [-0.2, 0) is 31.5 Å². The molecule has 0 aliphatic heterocycles. The molecule has 0 bridgehead atoms. The first-order valence-electron chi connectivity index (χ1n) is 3.29. The van der Waals surface area contributed by atoms with Crippen LogP contribution in [-0.4, -0.2) is 57.8 Å². The van der Waals surface area contributed by atoms with Crippen molar-refractivity contribution in [1.29, 1.82) is 0 Å². The molecule has 0 aromatic heterocycles. The van der Waals surface area contributed by atoms with Crippen LogP contribution in [0.25, 0.3) is 0 Å². The topological polar surface area (TPSA) is 115 Å². The van der Waals surface area contributed by atoms with Gasteiger partial charge in [-0.3, -0.25) is 19.3 Å². The summed E-state index contributed by atoms with van der Waals surface area (Å²) >= 11 is 0. The van der Waals surface area contributed by atoms with Crippen molar-refractivity contribution in [1.82, 2.24) is 4.90 Å². The fraction of sp³-hybridized carbons (Fsp3) is 0.500. The summed E-state index contributed by atoms with van der Waals surface area (Å²) in [6.45, 7) is -1.80. The van der Waals surface area contributed by atoms with Gasteiger partial charge in [0.15, 0.2) is 0 Å². The molecule has 0 unspecified atom stereocenters. The third kappa shape index (κ3) is 8.98. The molecule has 1 radical (unpaired) electrons. The summed E-state index contributed by atoms with van der Waals surface area (Å²) < 4.78 is 0. The Hall–Kier alpha value is -1.11. The SMILES string of the molecule is O=C(O)CN(CC(=O)O)CC(=O)O.[Cu]. The van der Waals surface area contributed by atoms with Crippen molar-refractivity contribution in [3.63, 3.8) is 0 Å². The van der Waals surface area contributed by atoms with Crippen LogP contribution in [0.3, 0.4) is 0 Å². The van der Waals surface area contributed by atoms with Crippen LogP contribution in [0.2, 0.25) is 0 Å². The van der Waals surface area contributed by atoms with Gasteiger partial charge in [0.25, 0.3) is 0 Å². The first-order valence-corrected chi connectivity index (χ1v) is 3.29. The minimum absolute atomic E-state index is 0. The molecule has 0 fully saturated rings. The summed E-state index contributed by atoms with van der Waals surface area (Å²) in [6, 6.07) is 0. The van der Waals surface area contributed by atoms with Crippen LogP contribution >= 0.6 is 0 Å². The zero-order chi connectivity index (χ0) is 10.4. The average Bonchev–Trinajstić information content (AvgIpc) is 1.80. The van der Waals surface area contributed by atoms with Crippen molar-refractivity contribution < 1.29 is 46.8 Å². The number of hydrogen-bond donors (Lipinski definition) is 3. The number of rotatable bonds is 6. The summed E-state index contributed by atoms with van der Waals surface area (Å²) in [5.74, 6) is -3.78. The number of hydrogen-bond acceptors (Lipinski definition) is 4. The van der Waals surface area contributed by atoms with Crippen molar-refractivity contribution in [3.8, 4) is 0 Å². The maximum Gasteiger partial charge on any atom is 0.317 e. The molecule has 0 spiro atoms. The van der Waals surface area contributed by atoms with E-state index in [-0.39, 0.29) is 17.1 Å². The quantitative estimate of drug-likeness (QED) is 0.496. The Labute approximate surface area is 89.8 Å². The summed E-state index contributed by atoms with van der Waals surface area (Å²) in [7, 11) is 0. The van der Waals surface area contributed by atoms with Gasteiger partial charge in [-0.05, 0) is 0 Å². The molecule has 8 heteroatoms. The average molecular weight is 255 g/mol. The molecule has 0 aromatic rings. The summed E-state index contributed by atoms with van der Waals surface area (Å²) in [6.07, 6.45) is 0. The fourth-order valence-corrected chi connectivity index (χ4v) is 0.742. The first-order chi connectivity index (χ1) is 5.91. The van der Waals surface area contributed by atoms with Crippen molar-refractivity contribution in [2.75, 3.05) is 19.6 Å². The van der Waals surface area contributed by atoms with Gasteiger partial charge in [-0.2, -0.15) is 0 Å². The zero-order valence-electron chi connectivity index (χ0n) is 6.94. The van der Waals surface area contributed by atoms with Gasteiger partial charge in [0.1, 0.15) is 0 Å². The van der Waals surface area contributed by atoms with E-state index in [1.165, 1.54) is 0 Å². The third-order valence-electron chi connectivity index (χ3n) is 1.08.